The van der Waals surface area contributed by atoms with Gasteiger partial charge in [-0.2, -0.15) is 0 Å². The Labute approximate surface area is 231 Å². The van der Waals surface area contributed by atoms with E-state index in [4.69, 9.17) is 19.7 Å². The summed E-state index contributed by atoms with van der Waals surface area (Å²) >= 11 is 0. The lowest BCUT2D eigenvalue weighted by atomic mass is 9.95. The van der Waals surface area contributed by atoms with Crippen LogP contribution >= 0.6 is 0 Å². The molecule has 0 saturated carbocycles. The minimum atomic E-state index is -0.555. The predicted molar refractivity (Wildman–Crippen MR) is 157 cm³/mol. The standard InChI is InChI=1S/C33H39N3O3/c1-7-9-24(8-2)30(38)19-39-25-12-15-28(29(37)18-25)33-35-31(26-13-10-20(3)16-22(26)5)34-32(36-33)27-14-11-21(4)17-23(27)6/h10-18,24,30,37-38H,7-9,19H2,1-6H3. The summed E-state index contributed by atoms with van der Waals surface area (Å²) in [5.74, 6) is 2.17. The summed E-state index contributed by atoms with van der Waals surface area (Å²) in [6.45, 7) is 12.6. The third kappa shape index (κ3) is 6.63. The predicted octanol–water partition coefficient (Wildman–Crippen LogP) is 7.38. The van der Waals surface area contributed by atoms with Crippen molar-refractivity contribution in [2.45, 2.75) is 66.9 Å². The molecule has 2 N–H and O–H groups in total. The molecule has 0 saturated heterocycles. The van der Waals surface area contributed by atoms with Gasteiger partial charge in [0.05, 0.1) is 11.7 Å². The highest BCUT2D eigenvalue weighted by Gasteiger charge is 2.19. The van der Waals surface area contributed by atoms with Crippen LogP contribution in [0.4, 0.5) is 0 Å². The molecule has 0 amide bonds. The number of aliphatic hydroxyl groups excluding tert-OH is 1. The molecule has 204 valence electrons. The summed E-state index contributed by atoms with van der Waals surface area (Å²) < 4.78 is 5.85. The molecule has 6 nitrogen and oxygen atoms in total. The summed E-state index contributed by atoms with van der Waals surface area (Å²) in [6, 6.07) is 17.5. The number of hydrogen-bond donors (Lipinski definition) is 2. The molecule has 39 heavy (non-hydrogen) atoms. The lowest BCUT2D eigenvalue weighted by Crippen LogP contribution is -2.26. The monoisotopic (exact) mass is 525 g/mol. The molecule has 6 heteroatoms. The number of aromatic nitrogens is 3. The molecule has 3 aromatic carbocycles. The zero-order chi connectivity index (χ0) is 28.1. The molecule has 1 heterocycles. The molecule has 1 aromatic heterocycles. The number of aromatic hydroxyl groups is 1. The van der Waals surface area contributed by atoms with E-state index in [2.05, 4.69) is 39.8 Å². The van der Waals surface area contributed by atoms with Gasteiger partial charge in [0.2, 0.25) is 0 Å². The van der Waals surface area contributed by atoms with Gasteiger partial charge >= 0.3 is 0 Å². The maximum Gasteiger partial charge on any atom is 0.167 e. The minimum absolute atomic E-state index is 0.00643. The number of benzene rings is 3. The van der Waals surface area contributed by atoms with Crippen LogP contribution in [-0.4, -0.2) is 37.9 Å². The number of rotatable bonds is 10. The normalized spacial score (nSPS) is 12.8. The van der Waals surface area contributed by atoms with Gasteiger partial charge in [0, 0.05) is 17.2 Å². The minimum Gasteiger partial charge on any atom is -0.507 e. The molecule has 0 spiro atoms. The molecular formula is C33H39N3O3. The van der Waals surface area contributed by atoms with Gasteiger partial charge in [-0.15, -0.1) is 0 Å². The van der Waals surface area contributed by atoms with Gasteiger partial charge in [0.25, 0.3) is 0 Å². The van der Waals surface area contributed by atoms with Crippen LogP contribution < -0.4 is 4.74 Å². The Kier molecular flexibility index (Phi) is 8.97. The highest BCUT2D eigenvalue weighted by Crippen LogP contribution is 2.34. The van der Waals surface area contributed by atoms with Gasteiger partial charge < -0.3 is 14.9 Å². The molecule has 0 aliphatic rings. The van der Waals surface area contributed by atoms with Crippen molar-refractivity contribution in [3.8, 4) is 45.7 Å². The number of aliphatic hydroxyl groups is 1. The maximum atomic E-state index is 11.0. The summed E-state index contributed by atoms with van der Waals surface area (Å²) in [4.78, 5) is 14.4. The second-order valence-electron chi connectivity index (χ2n) is 10.5. The van der Waals surface area contributed by atoms with E-state index in [0.717, 1.165) is 41.5 Å². The second kappa shape index (κ2) is 12.4. The SMILES string of the molecule is CCCC(CC)C(O)COc1ccc(-c2nc(-c3ccc(C)cc3C)nc(-c3ccc(C)cc3C)n2)c(O)c1. The Hall–Kier alpha value is -3.77. The van der Waals surface area contributed by atoms with Crippen LogP contribution in [0.2, 0.25) is 0 Å². The van der Waals surface area contributed by atoms with Crippen molar-refractivity contribution in [3.63, 3.8) is 0 Å². The van der Waals surface area contributed by atoms with Gasteiger partial charge in [0.15, 0.2) is 17.5 Å². The molecule has 4 aromatic rings. The van der Waals surface area contributed by atoms with Crippen LogP contribution in [0.15, 0.2) is 54.6 Å². The van der Waals surface area contributed by atoms with Crippen molar-refractivity contribution in [1.29, 1.82) is 0 Å². The van der Waals surface area contributed by atoms with Crippen LogP contribution in [-0.2, 0) is 0 Å². The van der Waals surface area contributed by atoms with E-state index in [9.17, 15) is 10.2 Å². The van der Waals surface area contributed by atoms with E-state index in [1.165, 1.54) is 11.1 Å². The van der Waals surface area contributed by atoms with E-state index in [1.54, 1.807) is 18.2 Å². The van der Waals surface area contributed by atoms with Crippen molar-refractivity contribution >= 4 is 0 Å². The zero-order valence-corrected chi connectivity index (χ0v) is 23.8. The Balaban J connectivity index is 1.72. The molecule has 0 fully saturated rings. The number of hydrogen-bond acceptors (Lipinski definition) is 6. The molecule has 0 radical (unpaired) electrons. The first-order valence-electron chi connectivity index (χ1n) is 13.8. The quantitative estimate of drug-likeness (QED) is 0.225. The first-order chi connectivity index (χ1) is 18.7. The molecule has 0 bridgehead atoms. The molecule has 2 atom stereocenters. The molecule has 0 aliphatic carbocycles. The van der Waals surface area contributed by atoms with Crippen LogP contribution in [0, 0.1) is 33.6 Å². The van der Waals surface area contributed by atoms with Crippen molar-refractivity contribution in [2.24, 2.45) is 5.92 Å². The van der Waals surface area contributed by atoms with Crippen molar-refractivity contribution in [2.75, 3.05) is 6.61 Å². The summed E-state index contributed by atoms with van der Waals surface area (Å²) in [5.41, 5.74) is 6.79. The first-order valence-corrected chi connectivity index (χ1v) is 13.8. The van der Waals surface area contributed by atoms with Gasteiger partial charge in [-0.05, 0) is 63.3 Å². The summed E-state index contributed by atoms with van der Waals surface area (Å²) in [7, 11) is 0. The van der Waals surface area contributed by atoms with Crippen LogP contribution in [0.3, 0.4) is 0 Å². The number of phenols is 1. The smallest absolute Gasteiger partial charge is 0.167 e. The number of aryl methyl sites for hydroxylation is 4. The van der Waals surface area contributed by atoms with Crippen molar-refractivity contribution < 1.29 is 14.9 Å². The first kappa shape index (κ1) is 28.2. The average molecular weight is 526 g/mol. The zero-order valence-electron chi connectivity index (χ0n) is 23.8. The highest BCUT2D eigenvalue weighted by molar-refractivity contribution is 5.72. The summed E-state index contributed by atoms with van der Waals surface area (Å²) in [6.07, 6.45) is 2.32. The number of phenolic OH excluding ortho intramolecular Hbond substituents is 1. The van der Waals surface area contributed by atoms with Gasteiger partial charge in [-0.1, -0.05) is 74.2 Å². The van der Waals surface area contributed by atoms with Gasteiger partial charge in [0.1, 0.15) is 18.1 Å². The van der Waals surface area contributed by atoms with E-state index in [-0.39, 0.29) is 18.3 Å². The third-order valence-corrected chi connectivity index (χ3v) is 7.24. The Morgan fingerprint density at radius 3 is 1.69 bits per heavy atom. The fourth-order valence-corrected chi connectivity index (χ4v) is 5.01. The molecule has 4 rings (SSSR count). The van der Waals surface area contributed by atoms with Crippen LogP contribution in [0.25, 0.3) is 34.2 Å². The van der Waals surface area contributed by atoms with E-state index in [0.29, 0.717) is 28.8 Å². The van der Waals surface area contributed by atoms with E-state index >= 15 is 0 Å². The lowest BCUT2D eigenvalue weighted by molar-refractivity contribution is 0.0513. The Morgan fingerprint density at radius 2 is 1.23 bits per heavy atom. The fraction of sp³-hybridized carbons (Fsp3) is 0.364. The highest BCUT2D eigenvalue weighted by atomic mass is 16.5. The summed E-state index contributed by atoms with van der Waals surface area (Å²) in [5, 5.41) is 21.6. The largest absolute Gasteiger partial charge is 0.507 e. The Morgan fingerprint density at radius 1 is 0.718 bits per heavy atom. The lowest BCUT2D eigenvalue weighted by Gasteiger charge is -2.21. The van der Waals surface area contributed by atoms with E-state index < -0.39 is 6.10 Å². The molecule has 0 aliphatic heterocycles. The van der Waals surface area contributed by atoms with Gasteiger partial charge in [-0.3, -0.25) is 0 Å². The number of ether oxygens (including phenoxy) is 1. The maximum absolute atomic E-state index is 11.0. The van der Waals surface area contributed by atoms with Crippen molar-refractivity contribution in [3.05, 3.63) is 76.9 Å². The van der Waals surface area contributed by atoms with Crippen LogP contribution in [0.1, 0.15) is 55.4 Å². The Bertz CT molecular complexity index is 1380. The second-order valence-corrected chi connectivity index (χ2v) is 10.5. The van der Waals surface area contributed by atoms with Crippen molar-refractivity contribution in [1.82, 2.24) is 15.0 Å². The molecular weight excluding hydrogens is 486 g/mol. The molecule has 2 unspecified atom stereocenters. The third-order valence-electron chi connectivity index (χ3n) is 7.24. The van der Waals surface area contributed by atoms with Crippen LogP contribution in [0.5, 0.6) is 11.5 Å². The topological polar surface area (TPSA) is 88.4 Å². The fourth-order valence-electron chi connectivity index (χ4n) is 5.01. The van der Waals surface area contributed by atoms with E-state index in [1.807, 2.05) is 38.1 Å². The number of nitrogens with zero attached hydrogens (tertiary/aromatic N) is 3. The van der Waals surface area contributed by atoms with Gasteiger partial charge in [-0.25, -0.2) is 15.0 Å². The average Bonchev–Trinajstić information content (AvgIpc) is 2.90.